The molecular formula is C20H25N3O3. The summed E-state index contributed by atoms with van der Waals surface area (Å²) in [5.41, 5.74) is 3.39. The number of methoxy groups -OCH3 is 1. The van der Waals surface area contributed by atoms with Crippen LogP contribution in [0.3, 0.4) is 0 Å². The fourth-order valence-electron chi connectivity index (χ4n) is 2.42. The van der Waals surface area contributed by atoms with Gasteiger partial charge in [0.15, 0.2) is 0 Å². The molecule has 0 spiro atoms. The molecule has 0 aromatic heterocycles. The van der Waals surface area contributed by atoms with E-state index < -0.39 is 0 Å². The lowest BCUT2D eigenvalue weighted by molar-refractivity contribution is -0.116. The average Bonchev–Trinajstić information content (AvgIpc) is 2.62. The van der Waals surface area contributed by atoms with Crippen molar-refractivity contribution < 1.29 is 14.3 Å². The molecule has 6 nitrogen and oxygen atoms in total. The first-order valence-corrected chi connectivity index (χ1v) is 8.62. The molecule has 0 saturated heterocycles. The van der Waals surface area contributed by atoms with Gasteiger partial charge in [-0.25, -0.2) is 4.79 Å². The van der Waals surface area contributed by atoms with Gasteiger partial charge in [-0.2, -0.15) is 0 Å². The molecule has 0 aliphatic heterocycles. The number of ether oxygens (including phenoxy) is 1. The predicted octanol–water partition coefficient (Wildman–Crippen LogP) is 3.89. The van der Waals surface area contributed by atoms with Gasteiger partial charge in [0.25, 0.3) is 0 Å². The van der Waals surface area contributed by atoms with Crippen LogP contribution >= 0.6 is 0 Å². The molecule has 26 heavy (non-hydrogen) atoms. The number of amides is 3. The number of carbonyl (C=O) groups is 2. The zero-order chi connectivity index (χ0) is 18.8. The van der Waals surface area contributed by atoms with Crippen LogP contribution in [-0.4, -0.2) is 19.0 Å². The van der Waals surface area contributed by atoms with Crippen molar-refractivity contribution in [2.45, 2.75) is 32.9 Å². The molecule has 0 bridgehead atoms. The van der Waals surface area contributed by atoms with E-state index in [9.17, 15) is 9.59 Å². The number of rotatable bonds is 8. The van der Waals surface area contributed by atoms with Crippen LogP contribution in [0.25, 0.3) is 0 Å². The van der Waals surface area contributed by atoms with Crippen molar-refractivity contribution in [2.24, 2.45) is 0 Å². The summed E-state index contributed by atoms with van der Waals surface area (Å²) in [7, 11) is 1.64. The van der Waals surface area contributed by atoms with Crippen molar-refractivity contribution in [3.05, 3.63) is 59.7 Å². The molecule has 3 amide bonds. The Morgan fingerprint density at radius 2 is 1.73 bits per heavy atom. The molecule has 2 aromatic carbocycles. The van der Waals surface area contributed by atoms with Gasteiger partial charge < -0.3 is 20.7 Å². The summed E-state index contributed by atoms with van der Waals surface area (Å²) in [6.07, 6.45) is 1.30. The highest BCUT2D eigenvalue weighted by molar-refractivity contribution is 5.91. The van der Waals surface area contributed by atoms with Gasteiger partial charge in [0, 0.05) is 31.5 Å². The van der Waals surface area contributed by atoms with Gasteiger partial charge in [0.05, 0.1) is 6.61 Å². The molecule has 0 heterocycles. The number of urea groups is 1. The topological polar surface area (TPSA) is 79.5 Å². The molecule has 2 rings (SSSR count). The Kier molecular flexibility index (Phi) is 7.64. The van der Waals surface area contributed by atoms with Crippen LogP contribution in [0.2, 0.25) is 0 Å². The van der Waals surface area contributed by atoms with Crippen LogP contribution in [0.5, 0.6) is 0 Å². The molecule has 2 aromatic rings. The van der Waals surface area contributed by atoms with E-state index in [0.717, 1.165) is 23.2 Å². The molecule has 138 valence electrons. The molecule has 6 heteroatoms. The first-order chi connectivity index (χ1) is 12.6. The zero-order valence-corrected chi connectivity index (χ0v) is 15.2. The number of hydrogen-bond acceptors (Lipinski definition) is 3. The van der Waals surface area contributed by atoms with E-state index in [1.807, 2.05) is 55.5 Å². The second kappa shape index (κ2) is 10.2. The first-order valence-electron chi connectivity index (χ1n) is 8.62. The summed E-state index contributed by atoms with van der Waals surface area (Å²) < 4.78 is 5.06. The van der Waals surface area contributed by atoms with Crippen LogP contribution in [0, 0.1) is 0 Å². The summed E-state index contributed by atoms with van der Waals surface area (Å²) >= 11 is 0. The highest BCUT2D eigenvalue weighted by atomic mass is 16.5. The quantitative estimate of drug-likeness (QED) is 0.672. The second-order valence-electron chi connectivity index (χ2n) is 5.94. The molecule has 0 atom stereocenters. The fraction of sp³-hybridized carbons (Fsp3) is 0.300. The molecule has 0 unspecified atom stereocenters. The lowest BCUT2D eigenvalue weighted by Gasteiger charge is -2.10. The van der Waals surface area contributed by atoms with Crippen molar-refractivity contribution in [1.82, 2.24) is 5.32 Å². The van der Waals surface area contributed by atoms with E-state index in [-0.39, 0.29) is 11.9 Å². The SMILES string of the molecule is CCCC(=O)Nc1cccc(CNC(=O)Nc2ccc(COC)cc2)c1. The van der Waals surface area contributed by atoms with Gasteiger partial charge in [-0.05, 0) is 41.8 Å². The van der Waals surface area contributed by atoms with Crippen molar-refractivity contribution in [1.29, 1.82) is 0 Å². The Morgan fingerprint density at radius 3 is 2.42 bits per heavy atom. The maximum Gasteiger partial charge on any atom is 0.319 e. The van der Waals surface area contributed by atoms with Gasteiger partial charge >= 0.3 is 6.03 Å². The number of hydrogen-bond donors (Lipinski definition) is 3. The molecule has 3 N–H and O–H groups in total. The van der Waals surface area contributed by atoms with E-state index in [4.69, 9.17) is 4.74 Å². The minimum Gasteiger partial charge on any atom is -0.380 e. The lowest BCUT2D eigenvalue weighted by Crippen LogP contribution is -2.28. The van der Waals surface area contributed by atoms with E-state index in [0.29, 0.717) is 25.3 Å². The largest absolute Gasteiger partial charge is 0.380 e. The molecule has 0 radical (unpaired) electrons. The van der Waals surface area contributed by atoms with Gasteiger partial charge in [-0.15, -0.1) is 0 Å². The molecule has 0 fully saturated rings. The minimum absolute atomic E-state index is 0.00716. The Hall–Kier alpha value is -2.86. The summed E-state index contributed by atoms with van der Waals surface area (Å²) in [4.78, 5) is 23.7. The van der Waals surface area contributed by atoms with Crippen LogP contribution in [0.15, 0.2) is 48.5 Å². The normalized spacial score (nSPS) is 10.2. The van der Waals surface area contributed by atoms with Crippen LogP contribution in [0.1, 0.15) is 30.9 Å². The van der Waals surface area contributed by atoms with Gasteiger partial charge in [-0.1, -0.05) is 31.2 Å². The standard InChI is InChI=1S/C20H25N3O3/c1-3-5-19(24)22-18-7-4-6-16(12-18)13-21-20(25)23-17-10-8-15(9-11-17)14-26-2/h4,6-12H,3,5,13-14H2,1-2H3,(H,22,24)(H2,21,23,25). The van der Waals surface area contributed by atoms with Gasteiger partial charge in [0.1, 0.15) is 0 Å². The fourth-order valence-corrected chi connectivity index (χ4v) is 2.42. The first kappa shape index (κ1) is 19.5. The molecule has 0 saturated carbocycles. The van der Waals surface area contributed by atoms with Crippen LogP contribution in [0.4, 0.5) is 16.2 Å². The zero-order valence-electron chi connectivity index (χ0n) is 15.2. The molecule has 0 aliphatic carbocycles. The average molecular weight is 355 g/mol. The summed E-state index contributed by atoms with van der Waals surface area (Å²) in [6.45, 7) is 2.87. The Morgan fingerprint density at radius 1 is 0.962 bits per heavy atom. The number of nitrogens with one attached hydrogen (secondary N) is 3. The molecular weight excluding hydrogens is 330 g/mol. The monoisotopic (exact) mass is 355 g/mol. The van der Waals surface area contributed by atoms with E-state index in [1.165, 1.54) is 0 Å². The van der Waals surface area contributed by atoms with Crippen molar-refractivity contribution in [3.8, 4) is 0 Å². The number of benzene rings is 2. The maximum absolute atomic E-state index is 12.0. The Labute approximate surface area is 153 Å². The molecule has 0 aliphatic rings. The van der Waals surface area contributed by atoms with Gasteiger partial charge in [0.2, 0.25) is 5.91 Å². The number of anilines is 2. The number of carbonyl (C=O) groups excluding carboxylic acids is 2. The Bertz CT molecular complexity index is 729. The minimum atomic E-state index is -0.287. The third kappa shape index (κ3) is 6.57. The summed E-state index contributed by atoms with van der Waals surface area (Å²) in [5.74, 6) is -0.00716. The summed E-state index contributed by atoms with van der Waals surface area (Å²) in [6, 6.07) is 14.6. The third-order valence-electron chi connectivity index (χ3n) is 3.66. The third-order valence-corrected chi connectivity index (χ3v) is 3.66. The van der Waals surface area contributed by atoms with E-state index >= 15 is 0 Å². The van der Waals surface area contributed by atoms with E-state index in [1.54, 1.807) is 7.11 Å². The second-order valence-corrected chi connectivity index (χ2v) is 5.94. The van der Waals surface area contributed by atoms with Crippen LogP contribution in [-0.2, 0) is 22.7 Å². The maximum atomic E-state index is 12.0. The lowest BCUT2D eigenvalue weighted by atomic mass is 10.2. The van der Waals surface area contributed by atoms with Crippen molar-refractivity contribution in [2.75, 3.05) is 17.7 Å². The highest BCUT2D eigenvalue weighted by Crippen LogP contribution is 2.12. The van der Waals surface area contributed by atoms with Crippen molar-refractivity contribution in [3.63, 3.8) is 0 Å². The smallest absolute Gasteiger partial charge is 0.319 e. The van der Waals surface area contributed by atoms with E-state index in [2.05, 4.69) is 16.0 Å². The summed E-state index contributed by atoms with van der Waals surface area (Å²) in [5, 5.41) is 8.44. The van der Waals surface area contributed by atoms with Gasteiger partial charge in [-0.3, -0.25) is 4.79 Å². The van der Waals surface area contributed by atoms with Crippen LogP contribution < -0.4 is 16.0 Å². The highest BCUT2D eigenvalue weighted by Gasteiger charge is 2.04. The Balaban J connectivity index is 1.84. The van der Waals surface area contributed by atoms with Crippen molar-refractivity contribution >= 4 is 23.3 Å². The predicted molar refractivity (Wildman–Crippen MR) is 103 cm³/mol.